The van der Waals surface area contributed by atoms with Crippen molar-refractivity contribution in [1.29, 1.82) is 0 Å². The van der Waals surface area contributed by atoms with Crippen molar-refractivity contribution in [2.45, 2.75) is 32.4 Å². The zero-order chi connectivity index (χ0) is 14.8. The third-order valence-corrected chi connectivity index (χ3v) is 3.83. The van der Waals surface area contributed by atoms with Gasteiger partial charge in [0.15, 0.2) is 0 Å². The predicted octanol–water partition coefficient (Wildman–Crippen LogP) is 1.04. The average Bonchev–Trinajstić information content (AvgIpc) is 2.84. The molecular formula is C15H18N4O2. The maximum atomic E-state index is 12.3. The molecule has 1 aromatic carbocycles. The molecule has 1 aliphatic rings. The molecule has 0 N–H and O–H groups in total. The number of fused-ring (bicyclic) bond motifs is 1. The summed E-state index contributed by atoms with van der Waals surface area (Å²) in [5.74, 6) is 0.639. The van der Waals surface area contributed by atoms with Gasteiger partial charge in [0.1, 0.15) is 12.4 Å². The Balaban J connectivity index is 1.79. The second-order valence-electron chi connectivity index (χ2n) is 5.25. The van der Waals surface area contributed by atoms with Crippen LogP contribution in [-0.4, -0.2) is 27.3 Å². The highest BCUT2D eigenvalue weighted by Crippen LogP contribution is 2.12. The number of hydrogen-bond donors (Lipinski definition) is 0. The maximum Gasteiger partial charge on any atom is 0.346 e. The molecule has 0 saturated heterocycles. The minimum atomic E-state index is -0.181. The monoisotopic (exact) mass is 286 g/mol. The number of aromatic nitrogens is 3. The summed E-state index contributed by atoms with van der Waals surface area (Å²) in [5.41, 5.74) is 0.624. The predicted molar refractivity (Wildman–Crippen MR) is 79.3 cm³/mol. The Labute approximate surface area is 122 Å². The van der Waals surface area contributed by atoms with Gasteiger partial charge in [0.05, 0.1) is 0 Å². The van der Waals surface area contributed by atoms with Crippen LogP contribution in [0, 0.1) is 0 Å². The lowest BCUT2D eigenvalue weighted by atomic mass is 10.2. The fraction of sp³-hybridized carbons (Fsp3) is 0.400. The molecule has 6 heteroatoms. The Hall–Kier alpha value is -2.37. The van der Waals surface area contributed by atoms with E-state index in [1.54, 1.807) is 16.5 Å². The van der Waals surface area contributed by atoms with Crippen molar-refractivity contribution in [3.63, 3.8) is 0 Å². The van der Waals surface area contributed by atoms with E-state index in [4.69, 9.17) is 0 Å². The molecule has 6 nitrogen and oxygen atoms in total. The molecule has 2 heterocycles. The smallest absolute Gasteiger partial charge is 0.314 e. The van der Waals surface area contributed by atoms with Crippen molar-refractivity contribution >= 4 is 11.6 Å². The van der Waals surface area contributed by atoms with Gasteiger partial charge in [-0.1, -0.05) is 18.2 Å². The van der Waals surface area contributed by atoms with Crippen LogP contribution in [0.4, 0.5) is 5.69 Å². The van der Waals surface area contributed by atoms with Gasteiger partial charge in [-0.15, -0.1) is 0 Å². The highest BCUT2D eigenvalue weighted by atomic mass is 16.2. The Bertz CT molecular complexity index is 702. The topological polar surface area (TPSA) is 60.1 Å². The van der Waals surface area contributed by atoms with Crippen molar-refractivity contribution in [1.82, 2.24) is 14.3 Å². The first-order valence-corrected chi connectivity index (χ1v) is 7.15. The molecule has 3 rings (SSSR count). The summed E-state index contributed by atoms with van der Waals surface area (Å²) in [5, 5.41) is 4.29. The van der Waals surface area contributed by atoms with E-state index in [0.717, 1.165) is 30.8 Å². The zero-order valence-corrected chi connectivity index (χ0v) is 12.0. The summed E-state index contributed by atoms with van der Waals surface area (Å²) in [7, 11) is 1.71. The van der Waals surface area contributed by atoms with Gasteiger partial charge in [0.25, 0.3) is 0 Å². The number of rotatable bonds is 3. The van der Waals surface area contributed by atoms with Crippen LogP contribution in [0.5, 0.6) is 0 Å². The Morgan fingerprint density at radius 3 is 2.76 bits per heavy atom. The van der Waals surface area contributed by atoms with Crippen LogP contribution >= 0.6 is 0 Å². The zero-order valence-electron chi connectivity index (χ0n) is 12.0. The SMILES string of the molecule is CN(C(=O)Cn1nc2n(c1=O)CCCC2)c1ccccc1. The molecule has 2 aromatic rings. The van der Waals surface area contributed by atoms with E-state index in [1.165, 1.54) is 4.68 Å². The summed E-state index contributed by atoms with van der Waals surface area (Å²) < 4.78 is 2.96. The fourth-order valence-corrected chi connectivity index (χ4v) is 2.58. The number of nitrogens with zero attached hydrogens (tertiary/aromatic N) is 4. The Kier molecular flexibility index (Phi) is 3.60. The minimum absolute atomic E-state index is 0.0236. The van der Waals surface area contributed by atoms with Crippen molar-refractivity contribution in [2.24, 2.45) is 0 Å². The van der Waals surface area contributed by atoms with Gasteiger partial charge in [-0.25, -0.2) is 9.48 Å². The van der Waals surface area contributed by atoms with Gasteiger partial charge in [-0.2, -0.15) is 5.10 Å². The number of para-hydroxylation sites is 1. The molecule has 0 atom stereocenters. The van der Waals surface area contributed by atoms with Crippen LogP contribution in [0.15, 0.2) is 35.1 Å². The second-order valence-corrected chi connectivity index (χ2v) is 5.25. The van der Waals surface area contributed by atoms with Crippen molar-refractivity contribution in [3.05, 3.63) is 46.6 Å². The number of anilines is 1. The second kappa shape index (κ2) is 5.55. The summed E-state index contributed by atoms with van der Waals surface area (Å²) >= 11 is 0. The first kappa shape index (κ1) is 13.6. The van der Waals surface area contributed by atoms with E-state index in [1.807, 2.05) is 30.3 Å². The molecular weight excluding hydrogens is 268 g/mol. The lowest BCUT2D eigenvalue weighted by Crippen LogP contribution is -2.35. The van der Waals surface area contributed by atoms with Crippen LogP contribution < -0.4 is 10.6 Å². The molecule has 21 heavy (non-hydrogen) atoms. The molecule has 0 aliphatic carbocycles. The van der Waals surface area contributed by atoms with Crippen LogP contribution in [-0.2, 0) is 24.3 Å². The number of benzene rings is 1. The number of aryl methyl sites for hydroxylation is 1. The van der Waals surface area contributed by atoms with Gasteiger partial charge in [0.2, 0.25) is 5.91 Å². The third-order valence-electron chi connectivity index (χ3n) is 3.83. The normalized spacial score (nSPS) is 13.8. The van der Waals surface area contributed by atoms with Crippen molar-refractivity contribution in [3.8, 4) is 0 Å². The number of carbonyl (C=O) groups is 1. The average molecular weight is 286 g/mol. The van der Waals surface area contributed by atoms with E-state index in [2.05, 4.69) is 5.10 Å². The summed E-state index contributed by atoms with van der Waals surface area (Å²) in [6.45, 7) is 0.682. The molecule has 0 spiro atoms. The van der Waals surface area contributed by atoms with Crippen LogP contribution in [0.25, 0.3) is 0 Å². The number of carbonyl (C=O) groups excluding carboxylic acids is 1. The molecule has 0 unspecified atom stereocenters. The van der Waals surface area contributed by atoms with E-state index in [-0.39, 0.29) is 18.1 Å². The van der Waals surface area contributed by atoms with E-state index < -0.39 is 0 Å². The molecule has 1 aromatic heterocycles. The highest BCUT2D eigenvalue weighted by Gasteiger charge is 2.19. The number of hydrogen-bond acceptors (Lipinski definition) is 3. The van der Waals surface area contributed by atoms with Crippen molar-refractivity contribution < 1.29 is 4.79 Å². The quantitative estimate of drug-likeness (QED) is 0.847. The van der Waals surface area contributed by atoms with Crippen LogP contribution in [0.3, 0.4) is 0 Å². The minimum Gasteiger partial charge on any atom is -0.314 e. The Morgan fingerprint density at radius 2 is 2.05 bits per heavy atom. The molecule has 1 amide bonds. The molecule has 0 bridgehead atoms. The first-order valence-electron chi connectivity index (χ1n) is 7.15. The molecule has 0 fully saturated rings. The van der Waals surface area contributed by atoms with E-state index >= 15 is 0 Å². The van der Waals surface area contributed by atoms with Crippen molar-refractivity contribution in [2.75, 3.05) is 11.9 Å². The fourth-order valence-electron chi connectivity index (χ4n) is 2.58. The largest absolute Gasteiger partial charge is 0.346 e. The lowest BCUT2D eigenvalue weighted by molar-refractivity contribution is -0.119. The van der Waals surface area contributed by atoms with E-state index in [0.29, 0.717) is 6.54 Å². The molecule has 0 saturated carbocycles. The van der Waals surface area contributed by atoms with Gasteiger partial charge >= 0.3 is 5.69 Å². The highest BCUT2D eigenvalue weighted by molar-refractivity contribution is 5.92. The standard InChI is InChI=1S/C15H18N4O2/c1-17(12-7-3-2-4-8-12)14(20)11-19-15(21)18-10-6-5-9-13(18)16-19/h2-4,7-8H,5-6,9-11H2,1H3. The van der Waals surface area contributed by atoms with Gasteiger partial charge in [-0.3, -0.25) is 9.36 Å². The maximum absolute atomic E-state index is 12.3. The molecule has 1 aliphatic heterocycles. The van der Waals surface area contributed by atoms with Gasteiger partial charge in [-0.05, 0) is 25.0 Å². The van der Waals surface area contributed by atoms with Gasteiger partial charge in [0, 0.05) is 25.7 Å². The third kappa shape index (κ3) is 2.61. The summed E-state index contributed by atoms with van der Waals surface area (Å²) in [4.78, 5) is 26.0. The number of amides is 1. The molecule has 110 valence electrons. The summed E-state index contributed by atoms with van der Waals surface area (Å²) in [6.07, 6.45) is 2.86. The molecule has 0 radical (unpaired) electrons. The van der Waals surface area contributed by atoms with Gasteiger partial charge < -0.3 is 4.90 Å². The van der Waals surface area contributed by atoms with Crippen LogP contribution in [0.2, 0.25) is 0 Å². The lowest BCUT2D eigenvalue weighted by Gasteiger charge is -2.16. The number of likely N-dealkylation sites (N-methyl/N-ethyl adjacent to an activating group) is 1. The van der Waals surface area contributed by atoms with Crippen LogP contribution in [0.1, 0.15) is 18.7 Å². The summed E-state index contributed by atoms with van der Waals surface area (Å²) in [6, 6.07) is 9.37. The van der Waals surface area contributed by atoms with E-state index in [9.17, 15) is 9.59 Å². The first-order chi connectivity index (χ1) is 10.2. The Morgan fingerprint density at radius 1 is 1.29 bits per heavy atom.